The van der Waals surface area contributed by atoms with Crippen molar-refractivity contribution < 1.29 is 14.6 Å². The maximum Gasteiger partial charge on any atom is 0.185 e. The second-order valence-electron chi connectivity index (χ2n) is 3.99. The third kappa shape index (κ3) is 3.22. The molecule has 0 atom stereocenters. The lowest BCUT2D eigenvalue weighted by Gasteiger charge is -2.03. The Hall–Kier alpha value is -2.55. The second-order valence-corrected chi connectivity index (χ2v) is 3.99. The molecule has 0 spiro atoms. The van der Waals surface area contributed by atoms with Crippen molar-refractivity contribution in [3.63, 3.8) is 0 Å². The maximum atomic E-state index is 11.9. The number of ether oxygens (including phenoxy) is 1. The Balaban J connectivity index is 2.17. The fraction of sp³-hybridized carbons (Fsp3) is 0.0625. The Bertz CT molecular complexity index is 601. The summed E-state index contributed by atoms with van der Waals surface area (Å²) in [6, 6.07) is 14.0. The Labute approximate surface area is 111 Å². The molecule has 0 unspecified atom stereocenters. The van der Waals surface area contributed by atoms with Crippen LogP contribution in [0.3, 0.4) is 0 Å². The van der Waals surface area contributed by atoms with Gasteiger partial charge >= 0.3 is 0 Å². The molecule has 19 heavy (non-hydrogen) atoms. The summed E-state index contributed by atoms with van der Waals surface area (Å²) in [5.74, 6) is 0.399. The molecule has 3 heteroatoms. The van der Waals surface area contributed by atoms with Crippen molar-refractivity contribution >= 4 is 11.9 Å². The molecule has 0 heterocycles. The molecule has 2 rings (SSSR count). The topological polar surface area (TPSA) is 46.5 Å². The number of allylic oxidation sites excluding steroid dienone is 1. The fourth-order valence-electron chi connectivity index (χ4n) is 1.67. The van der Waals surface area contributed by atoms with Crippen LogP contribution in [-0.4, -0.2) is 18.0 Å². The number of benzene rings is 2. The van der Waals surface area contributed by atoms with Crippen molar-refractivity contribution in [3.05, 3.63) is 65.7 Å². The SMILES string of the molecule is COc1cc(/C=C/C(=O)c2ccccc2)ccc1O. The highest BCUT2D eigenvalue weighted by atomic mass is 16.5. The molecule has 0 aromatic heterocycles. The molecule has 0 radical (unpaired) electrons. The van der Waals surface area contributed by atoms with Gasteiger partial charge in [-0.15, -0.1) is 0 Å². The van der Waals surface area contributed by atoms with Crippen LogP contribution in [0.25, 0.3) is 6.08 Å². The smallest absolute Gasteiger partial charge is 0.185 e. The number of ketones is 1. The molecule has 0 fully saturated rings. The molecular weight excluding hydrogens is 240 g/mol. The van der Waals surface area contributed by atoms with Gasteiger partial charge in [0.05, 0.1) is 7.11 Å². The van der Waals surface area contributed by atoms with Gasteiger partial charge in [-0.3, -0.25) is 4.79 Å². The average molecular weight is 254 g/mol. The van der Waals surface area contributed by atoms with E-state index in [1.54, 1.807) is 30.3 Å². The summed E-state index contributed by atoms with van der Waals surface area (Å²) < 4.78 is 5.01. The minimum absolute atomic E-state index is 0.0624. The van der Waals surface area contributed by atoms with Gasteiger partial charge in [0.15, 0.2) is 17.3 Å². The minimum atomic E-state index is -0.0624. The number of phenolic OH excluding ortho intramolecular Hbond substituents is 1. The Morgan fingerprint density at radius 2 is 1.89 bits per heavy atom. The summed E-state index contributed by atoms with van der Waals surface area (Å²) in [6.07, 6.45) is 3.19. The summed E-state index contributed by atoms with van der Waals surface area (Å²) in [7, 11) is 1.48. The molecule has 2 aromatic rings. The minimum Gasteiger partial charge on any atom is -0.504 e. The number of aromatic hydroxyl groups is 1. The molecule has 3 nitrogen and oxygen atoms in total. The van der Waals surface area contributed by atoms with E-state index in [0.717, 1.165) is 5.56 Å². The van der Waals surface area contributed by atoms with Crippen LogP contribution in [0.2, 0.25) is 0 Å². The van der Waals surface area contributed by atoms with Gasteiger partial charge in [-0.05, 0) is 23.8 Å². The average Bonchev–Trinajstić information content (AvgIpc) is 2.47. The first-order chi connectivity index (χ1) is 9.20. The van der Waals surface area contributed by atoms with Crippen LogP contribution in [0, 0.1) is 0 Å². The number of hydrogen-bond donors (Lipinski definition) is 1. The molecule has 0 saturated heterocycles. The Morgan fingerprint density at radius 1 is 1.16 bits per heavy atom. The van der Waals surface area contributed by atoms with Gasteiger partial charge in [-0.25, -0.2) is 0 Å². The molecular formula is C16H14O3. The zero-order valence-electron chi connectivity index (χ0n) is 10.5. The van der Waals surface area contributed by atoms with Crippen molar-refractivity contribution in [3.8, 4) is 11.5 Å². The molecule has 0 aliphatic carbocycles. The predicted molar refractivity (Wildman–Crippen MR) is 74.5 cm³/mol. The van der Waals surface area contributed by atoms with Gasteiger partial charge in [0, 0.05) is 5.56 Å². The van der Waals surface area contributed by atoms with Crippen LogP contribution in [0.1, 0.15) is 15.9 Å². The summed E-state index contributed by atoms with van der Waals surface area (Å²) >= 11 is 0. The van der Waals surface area contributed by atoms with E-state index in [-0.39, 0.29) is 11.5 Å². The van der Waals surface area contributed by atoms with Crippen molar-refractivity contribution in [1.82, 2.24) is 0 Å². The molecule has 96 valence electrons. The van der Waals surface area contributed by atoms with E-state index in [1.807, 2.05) is 18.2 Å². The van der Waals surface area contributed by atoms with E-state index in [2.05, 4.69) is 0 Å². The number of rotatable bonds is 4. The first-order valence-electron chi connectivity index (χ1n) is 5.85. The highest BCUT2D eigenvalue weighted by Crippen LogP contribution is 2.26. The van der Waals surface area contributed by atoms with Crippen LogP contribution in [0.15, 0.2) is 54.6 Å². The highest BCUT2D eigenvalue weighted by molar-refractivity contribution is 6.06. The lowest BCUT2D eigenvalue weighted by atomic mass is 10.1. The monoisotopic (exact) mass is 254 g/mol. The van der Waals surface area contributed by atoms with E-state index in [0.29, 0.717) is 11.3 Å². The first kappa shape index (κ1) is 12.9. The van der Waals surface area contributed by atoms with Crippen molar-refractivity contribution in [2.75, 3.05) is 7.11 Å². The number of methoxy groups -OCH3 is 1. The van der Waals surface area contributed by atoms with Crippen molar-refractivity contribution in [2.24, 2.45) is 0 Å². The summed E-state index contributed by atoms with van der Waals surface area (Å²) in [6.45, 7) is 0. The Morgan fingerprint density at radius 3 is 2.58 bits per heavy atom. The summed E-state index contributed by atoms with van der Waals surface area (Å²) in [5.41, 5.74) is 1.43. The zero-order chi connectivity index (χ0) is 13.7. The number of carbonyl (C=O) groups is 1. The number of carbonyl (C=O) groups excluding carboxylic acids is 1. The first-order valence-corrected chi connectivity index (χ1v) is 5.85. The number of phenols is 1. The summed E-state index contributed by atoms with van der Waals surface area (Å²) in [5, 5.41) is 9.47. The number of hydrogen-bond acceptors (Lipinski definition) is 3. The van der Waals surface area contributed by atoms with Gasteiger partial charge in [0.25, 0.3) is 0 Å². The van der Waals surface area contributed by atoms with E-state index < -0.39 is 0 Å². The van der Waals surface area contributed by atoms with Crippen LogP contribution in [-0.2, 0) is 0 Å². The fourth-order valence-corrected chi connectivity index (χ4v) is 1.67. The summed E-state index contributed by atoms with van der Waals surface area (Å²) in [4.78, 5) is 11.9. The molecule has 0 aliphatic heterocycles. The molecule has 0 bridgehead atoms. The molecule has 0 aliphatic rings. The standard InChI is InChI=1S/C16H14O3/c1-19-16-11-12(8-10-15(16)18)7-9-14(17)13-5-3-2-4-6-13/h2-11,18H,1H3/b9-7+. The normalized spacial score (nSPS) is 10.6. The third-order valence-corrected chi connectivity index (χ3v) is 2.69. The lowest BCUT2D eigenvalue weighted by molar-refractivity contribution is 0.104. The Kier molecular flexibility index (Phi) is 3.98. The predicted octanol–water partition coefficient (Wildman–Crippen LogP) is 3.30. The third-order valence-electron chi connectivity index (χ3n) is 2.69. The highest BCUT2D eigenvalue weighted by Gasteiger charge is 2.02. The van der Waals surface area contributed by atoms with Crippen LogP contribution < -0.4 is 4.74 Å². The zero-order valence-corrected chi connectivity index (χ0v) is 10.5. The quantitative estimate of drug-likeness (QED) is 0.672. The molecule has 1 N–H and O–H groups in total. The van der Waals surface area contributed by atoms with Crippen molar-refractivity contribution in [2.45, 2.75) is 0 Å². The van der Waals surface area contributed by atoms with Gasteiger partial charge in [-0.1, -0.05) is 42.5 Å². The van der Waals surface area contributed by atoms with Gasteiger partial charge in [0.2, 0.25) is 0 Å². The van der Waals surface area contributed by atoms with Crippen LogP contribution in [0.4, 0.5) is 0 Å². The van der Waals surface area contributed by atoms with E-state index in [9.17, 15) is 9.90 Å². The van der Waals surface area contributed by atoms with Gasteiger partial charge < -0.3 is 9.84 Å². The largest absolute Gasteiger partial charge is 0.504 e. The lowest BCUT2D eigenvalue weighted by Crippen LogP contribution is -1.92. The molecule has 0 amide bonds. The van der Waals surface area contributed by atoms with Gasteiger partial charge in [0.1, 0.15) is 0 Å². The maximum absolute atomic E-state index is 11.9. The molecule has 2 aromatic carbocycles. The van der Waals surface area contributed by atoms with E-state index in [1.165, 1.54) is 19.3 Å². The van der Waals surface area contributed by atoms with Crippen LogP contribution in [0.5, 0.6) is 11.5 Å². The van der Waals surface area contributed by atoms with Gasteiger partial charge in [-0.2, -0.15) is 0 Å². The van der Waals surface area contributed by atoms with Crippen molar-refractivity contribution in [1.29, 1.82) is 0 Å². The van der Waals surface area contributed by atoms with Crippen LogP contribution >= 0.6 is 0 Å². The second kappa shape index (κ2) is 5.87. The van der Waals surface area contributed by atoms with E-state index in [4.69, 9.17) is 4.74 Å². The van der Waals surface area contributed by atoms with E-state index >= 15 is 0 Å². The molecule has 0 saturated carbocycles.